The lowest BCUT2D eigenvalue weighted by Crippen LogP contribution is -2.32. The molecule has 3 rings (SSSR count). The number of methoxy groups -OCH3 is 1. The Morgan fingerprint density at radius 2 is 1.44 bits per heavy atom. The predicted molar refractivity (Wildman–Crippen MR) is 108 cm³/mol. The Balaban J connectivity index is 1.64. The number of nitrogens with one attached hydrogen (secondary N) is 1. The largest absolute Gasteiger partial charge is 0.497 e. The van der Waals surface area contributed by atoms with Crippen molar-refractivity contribution in [2.24, 2.45) is 0 Å². The Hall–Kier alpha value is -3.27. The van der Waals surface area contributed by atoms with Crippen molar-refractivity contribution in [1.29, 1.82) is 0 Å². The summed E-state index contributed by atoms with van der Waals surface area (Å²) in [5.41, 5.74) is 2.97. The van der Waals surface area contributed by atoms with Gasteiger partial charge in [-0.3, -0.25) is 4.79 Å². The molecule has 4 nitrogen and oxygen atoms in total. The molecule has 0 heterocycles. The molecule has 0 aliphatic rings. The third kappa shape index (κ3) is 4.88. The van der Waals surface area contributed by atoms with Crippen LogP contribution >= 0.6 is 0 Å². The summed E-state index contributed by atoms with van der Waals surface area (Å²) in [6, 6.07) is 25.1. The van der Waals surface area contributed by atoms with E-state index < -0.39 is 6.10 Å². The van der Waals surface area contributed by atoms with Gasteiger partial charge >= 0.3 is 0 Å². The quantitative estimate of drug-likeness (QED) is 0.632. The minimum absolute atomic E-state index is 0.171. The predicted octanol–water partition coefficient (Wildman–Crippen LogP) is 5.16. The van der Waals surface area contributed by atoms with E-state index in [0.717, 1.165) is 16.9 Å². The maximum Gasteiger partial charge on any atom is 0.265 e. The van der Waals surface area contributed by atoms with Crippen molar-refractivity contribution < 1.29 is 14.3 Å². The number of ether oxygens (including phenoxy) is 2. The van der Waals surface area contributed by atoms with Gasteiger partial charge in [-0.1, -0.05) is 49.4 Å². The van der Waals surface area contributed by atoms with Gasteiger partial charge in [-0.15, -0.1) is 0 Å². The van der Waals surface area contributed by atoms with E-state index in [-0.39, 0.29) is 5.91 Å². The van der Waals surface area contributed by atoms with Crippen LogP contribution in [0.15, 0.2) is 78.9 Å². The number of amides is 1. The topological polar surface area (TPSA) is 47.6 Å². The van der Waals surface area contributed by atoms with Crippen molar-refractivity contribution >= 4 is 11.6 Å². The summed E-state index contributed by atoms with van der Waals surface area (Å²) in [5, 5.41) is 2.88. The molecular formula is C23H23NO3. The highest BCUT2D eigenvalue weighted by Crippen LogP contribution is 2.23. The van der Waals surface area contributed by atoms with Gasteiger partial charge in [0.25, 0.3) is 5.91 Å². The fraction of sp³-hybridized carbons (Fsp3) is 0.174. The first-order valence-electron chi connectivity index (χ1n) is 8.96. The minimum Gasteiger partial charge on any atom is -0.497 e. The molecule has 3 aromatic rings. The molecule has 3 aromatic carbocycles. The third-order valence-electron chi connectivity index (χ3n) is 4.26. The van der Waals surface area contributed by atoms with Gasteiger partial charge in [0.15, 0.2) is 6.10 Å². The molecule has 138 valence electrons. The van der Waals surface area contributed by atoms with Crippen LogP contribution in [0.25, 0.3) is 11.1 Å². The Morgan fingerprint density at radius 1 is 0.852 bits per heavy atom. The van der Waals surface area contributed by atoms with Crippen LogP contribution in [0, 0.1) is 0 Å². The second-order valence-corrected chi connectivity index (χ2v) is 6.12. The normalized spacial score (nSPS) is 11.5. The summed E-state index contributed by atoms with van der Waals surface area (Å²) in [6.45, 7) is 1.93. The fourth-order valence-electron chi connectivity index (χ4n) is 2.74. The molecule has 1 atom stereocenters. The van der Waals surface area contributed by atoms with Gasteiger partial charge in [-0.2, -0.15) is 0 Å². The first-order valence-corrected chi connectivity index (χ1v) is 8.96. The SMILES string of the molecule is CC[C@@H](Oc1ccc(-c2ccccc2)cc1)C(=O)Nc1ccc(OC)cc1. The molecule has 0 saturated heterocycles. The van der Waals surface area contributed by atoms with Crippen LogP contribution < -0.4 is 14.8 Å². The van der Waals surface area contributed by atoms with Gasteiger partial charge in [0.2, 0.25) is 0 Å². The van der Waals surface area contributed by atoms with Crippen molar-refractivity contribution in [2.45, 2.75) is 19.4 Å². The molecule has 1 amide bonds. The lowest BCUT2D eigenvalue weighted by atomic mass is 10.1. The lowest BCUT2D eigenvalue weighted by molar-refractivity contribution is -0.122. The third-order valence-corrected chi connectivity index (χ3v) is 4.26. The van der Waals surface area contributed by atoms with Gasteiger partial charge in [0.1, 0.15) is 11.5 Å². The second kappa shape index (κ2) is 8.90. The molecule has 0 fully saturated rings. The molecule has 0 radical (unpaired) electrons. The number of carbonyl (C=O) groups excluding carboxylic acids is 1. The zero-order valence-electron chi connectivity index (χ0n) is 15.5. The molecule has 0 aromatic heterocycles. The lowest BCUT2D eigenvalue weighted by Gasteiger charge is -2.17. The van der Waals surface area contributed by atoms with Crippen molar-refractivity contribution in [1.82, 2.24) is 0 Å². The van der Waals surface area contributed by atoms with Crippen molar-refractivity contribution in [3.8, 4) is 22.6 Å². The van der Waals surface area contributed by atoms with Crippen LogP contribution in [0.5, 0.6) is 11.5 Å². The van der Waals surface area contributed by atoms with Crippen LogP contribution in [-0.4, -0.2) is 19.1 Å². The fourth-order valence-corrected chi connectivity index (χ4v) is 2.74. The Bertz CT molecular complexity index is 858. The maximum atomic E-state index is 12.5. The summed E-state index contributed by atoms with van der Waals surface area (Å²) in [5.74, 6) is 1.25. The molecule has 1 N–H and O–H groups in total. The van der Waals surface area contributed by atoms with Crippen LogP contribution in [-0.2, 0) is 4.79 Å². The van der Waals surface area contributed by atoms with E-state index in [9.17, 15) is 4.79 Å². The Kier molecular flexibility index (Phi) is 6.10. The molecule has 0 aliphatic heterocycles. The van der Waals surface area contributed by atoms with Crippen LogP contribution in [0.4, 0.5) is 5.69 Å². The van der Waals surface area contributed by atoms with Gasteiger partial charge in [-0.25, -0.2) is 0 Å². The molecule has 27 heavy (non-hydrogen) atoms. The average Bonchev–Trinajstić information content (AvgIpc) is 2.73. The Morgan fingerprint density at radius 3 is 2.04 bits per heavy atom. The van der Waals surface area contributed by atoms with Crippen LogP contribution in [0.3, 0.4) is 0 Å². The molecule has 0 bridgehead atoms. The zero-order valence-corrected chi connectivity index (χ0v) is 15.5. The molecule has 0 unspecified atom stereocenters. The van der Waals surface area contributed by atoms with Gasteiger partial charge < -0.3 is 14.8 Å². The van der Waals surface area contributed by atoms with E-state index >= 15 is 0 Å². The van der Waals surface area contributed by atoms with Crippen LogP contribution in [0.2, 0.25) is 0 Å². The summed E-state index contributed by atoms with van der Waals surface area (Å²) in [7, 11) is 1.61. The summed E-state index contributed by atoms with van der Waals surface area (Å²) < 4.78 is 11.0. The van der Waals surface area contributed by atoms with E-state index in [2.05, 4.69) is 17.4 Å². The number of rotatable bonds is 7. The number of anilines is 1. The highest BCUT2D eigenvalue weighted by atomic mass is 16.5. The first kappa shape index (κ1) is 18.5. The van der Waals surface area contributed by atoms with E-state index in [1.54, 1.807) is 31.4 Å². The number of hydrogen-bond donors (Lipinski definition) is 1. The molecule has 0 aliphatic carbocycles. The van der Waals surface area contributed by atoms with Crippen molar-refractivity contribution in [3.05, 3.63) is 78.9 Å². The summed E-state index contributed by atoms with van der Waals surface area (Å²) >= 11 is 0. The van der Waals surface area contributed by atoms with E-state index in [1.165, 1.54) is 0 Å². The second-order valence-electron chi connectivity index (χ2n) is 6.12. The maximum absolute atomic E-state index is 12.5. The van der Waals surface area contributed by atoms with Crippen molar-refractivity contribution in [2.75, 3.05) is 12.4 Å². The molecule has 4 heteroatoms. The molecule has 0 spiro atoms. The molecule has 0 saturated carbocycles. The van der Waals surface area contributed by atoms with E-state index in [1.807, 2.05) is 49.4 Å². The van der Waals surface area contributed by atoms with Gasteiger partial charge in [-0.05, 0) is 53.9 Å². The summed E-state index contributed by atoms with van der Waals surface area (Å²) in [4.78, 5) is 12.5. The summed E-state index contributed by atoms with van der Waals surface area (Å²) in [6.07, 6.45) is 0.0114. The highest BCUT2D eigenvalue weighted by molar-refractivity contribution is 5.94. The van der Waals surface area contributed by atoms with Gasteiger partial charge in [0, 0.05) is 5.69 Å². The van der Waals surface area contributed by atoms with Gasteiger partial charge in [0.05, 0.1) is 7.11 Å². The number of hydrogen-bond acceptors (Lipinski definition) is 3. The smallest absolute Gasteiger partial charge is 0.265 e. The first-order chi connectivity index (χ1) is 13.2. The zero-order chi connectivity index (χ0) is 19.1. The Labute approximate surface area is 159 Å². The van der Waals surface area contributed by atoms with E-state index in [4.69, 9.17) is 9.47 Å². The minimum atomic E-state index is -0.560. The average molecular weight is 361 g/mol. The van der Waals surface area contributed by atoms with E-state index in [0.29, 0.717) is 17.9 Å². The standard InChI is InChI=1S/C23H23NO3/c1-3-22(23(25)24-19-11-15-20(26-2)16-12-19)27-21-13-9-18(10-14-21)17-7-5-4-6-8-17/h4-16,22H,3H2,1-2H3,(H,24,25)/t22-/m1/s1. The number of benzene rings is 3. The van der Waals surface area contributed by atoms with Crippen molar-refractivity contribution in [3.63, 3.8) is 0 Å². The van der Waals surface area contributed by atoms with Crippen LogP contribution in [0.1, 0.15) is 13.3 Å². The number of carbonyl (C=O) groups is 1. The monoisotopic (exact) mass is 361 g/mol. The molecular weight excluding hydrogens is 338 g/mol. The highest BCUT2D eigenvalue weighted by Gasteiger charge is 2.18.